The SMILES string of the molecule is N/C=C(/C(=O)O)C(=O)c1ccccc1. The Kier molecular flexibility index (Phi) is 3.01. The van der Waals surface area contributed by atoms with E-state index in [0.29, 0.717) is 5.56 Å². The molecule has 1 aromatic carbocycles. The average Bonchev–Trinajstić information content (AvgIpc) is 2.19. The predicted octanol–water partition coefficient (Wildman–Crippen LogP) is 0.797. The Morgan fingerprint density at radius 3 is 2.21 bits per heavy atom. The fourth-order valence-electron chi connectivity index (χ4n) is 0.989. The molecule has 0 saturated heterocycles. The number of carboxylic acids is 1. The van der Waals surface area contributed by atoms with Gasteiger partial charge in [0.2, 0.25) is 5.78 Å². The second-order valence-electron chi connectivity index (χ2n) is 2.58. The van der Waals surface area contributed by atoms with Crippen molar-refractivity contribution in [3.8, 4) is 0 Å². The minimum Gasteiger partial charge on any atom is -0.477 e. The second kappa shape index (κ2) is 4.23. The Bertz CT molecular complexity index is 382. The highest BCUT2D eigenvalue weighted by molar-refractivity contribution is 6.23. The van der Waals surface area contributed by atoms with Crippen LogP contribution in [0.4, 0.5) is 0 Å². The van der Waals surface area contributed by atoms with Crippen LogP contribution in [0.15, 0.2) is 42.1 Å². The highest BCUT2D eigenvalue weighted by Crippen LogP contribution is 2.07. The summed E-state index contributed by atoms with van der Waals surface area (Å²) in [5.41, 5.74) is 4.94. The van der Waals surface area contributed by atoms with Crippen molar-refractivity contribution < 1.29 is 14.7 Å². The molecule has 0 heterocycles. The van der Waals surface area contributed by atoms with Gasteiger partial charge in [-0.15, -0.1) is 0 Å². The molecular weight excluding hydrogens is 182 g/mol. The van der Waals surface area contributed by atoms with Gasteiger partial charge in [0, 0.05) is 11.8 Å². The van der Waals surface area contributed by atoms with Gasteiger partial charge in [0.25, 0.3) is 0 Å². The molecule has 72 valence electrons. The lowest BCUT2D eigenvalue weighted by atomic mass is 10.0. The zero-order valence-electron chi connectivity index (χ0n) is 7.31. The first-order valence-electron chi connectivity index (χ1n) is 3.91. The largest absolute Gasteiger partial charge is 0.477 e. The van der Waals surface area contributed by atoms with Crippen molar-refractivity contribution in [1.29, 1.82) is 0 Å². The average molecular weight is 191 g/mol. The lowest BCUT2D eigenvalue weighted by Crippen LogP contribution is -2.14. The molecule has 0 amide bonds. The predicted molar refractivity (Wildman–Crippen MR) is 50.7 cm³/mol. The highest BCUT2D eigenvalue weighted by atomic mass is 16.4. The van der Waals surface area contributed by atoms with Gasteiger partial charge in [0.05, 0.1) is 0 Å². The Morgan fingerprint density at radius 2 is 1.79 bits per heavy atom. The maximum Gasteiger partial charge on any atom is 0.341 e. The first-order chi connectivity index (χ1) is 6.66. The van der Waals surface area contributed by atoms with Crippen LogP contribution in [-0.4, -0.2) is 16.9 Å². The summed E-state index contributed by atoms with van der Waals surface area (Å²) in [4.78, 5) is 22.1. The molecule has 0 aliphatic heterocycles. The molecule has 14 heavy (non-hydrogen) atoms. The third kappa shape index (κ3) is 1.98. The quantitative estimate of drug-likeness (QED) is 0.320. The maximum atomic E-state index is 11.5. The summed E-state index contributed by atoms with van der Waals surface area (Å²) in [7, 11) is 0. The number of Topliss-reactive ketones (excluding diaryl/α,β-unsaturated/α-hetero) is 1. The summed E-state index contributed by atoms with van der Waals surface area (Å²) in [5, 5.41) is 8.64. The summed E-state index contributed by atoms with van der Waals surface area (Å²) in [5.74, 6) is -1.90. The smallest absolute Gasteiger partial charge is 0.341 e. The molecule has 0 saturated carbocycles. The third-order valence-electron chi connectivity index (χ3n) is 1.68. The van der Waals surface area contributed by atoms with Crippen LogP contribution in [0, 0.1) is 0 Å². The number of carbonyl (C=O) groups is 2. The van der Waals surface area contributed by atoms with Crippen molar-refractivity contribution in [3.63, 3.8) is 0 Å². The molecule has 3 N–H and O–H groups in total. The van der Waals surface area contributed by atoms with Gasteiger partial charge in [-0.3, -0.25) is 4.79 Å². The normalized spacial score (nSPS) is 11.0. The van der Waals surface area contributed by atoms with Crippen molar-refractivity contribution in [3.05, 3.63) is 47.7 Å². The Balaban J connectivity index is 3.02. The molecule has 4 heteroatoms. The molecule has 0 bridgehead atoms. The van der Waals surface area contributed by atoms with Crippen LogP contribution in [0.25, 0.3) is 0 Å². The lowest BCUT2D eigenvalue weighted by Gasteiger charge is -1.99. The number of benzene rings is 1. The molecule has 1 rings (SSSR count). The van der Waals surface area contributed by atoms with E-state index in [0.717, 1.165) is 6.20 Å². The van der Waals surface area contributed by atoms with Crippen LogP contribution in [0.1, 0.15) is 10.4 Å². The zero-order chi connectivity index (χ0) is 10.6. The van der Waals surface area contributed by atoms with Crippen LogP contribution in [-0.2, 0) is 4.79 Å². The summed E-state index contributed by atoms with van der Waals surface area (Å²) in [6.07, 6.45) is 0.803. The second-order valence-corrected chi connectivity index (χ2v) is 2.58. The third-order valence-corrected chi connectivity index (χ3v) is 1.68. The molecule has 1 aromatic rings. The Morgan fingerprint density at radius 1 is 1.21 bits per heavy atom. The van der Waals surface area contributed by atoms with E-state index in [1.165, 1.54) is 12.1 Å². The number of hydrogen-bond donors (Lipinski definition) is 2. The molecule has 0 radical (unpaired) electrons. The zero-order valence-corrected chi connectivity index (χ0v) is 7.31. The minimum atomic E-state index is -1.32. The van der Waals surface area contributed by atoms with E-state index in [1.54, 1.807) is 18.2 Å². The molecule has 0 aliphatic carbocycles. The van der Waals surface area contributed by atoms with Crippen LogP contribution in [0.5, 0.6) is 0 Å². The van der Waals surface area contributed by atoms with Crippen molar-refractivity contribution in [2.75, 3.05) is 0 Å². The van der Waals surface area contributed by atoms with E-state index < -0.39 is 17.3 Å². The van der Waals surface area contributed by atoms with E-state index in [9.17, 15) is 9.59 Å². The van der Waals surface area contributed by atoms with Crippen molar-refractivity contribution >= 4 is 11.8 Å². The fourth-order valence-corrected chi connectivity index (χ4v) is 0.989. The van der Waals surface area contributed by atoms with Gasteiger partial charge < -0.3 is 10.8 Å². The first kappa shape index (κ1) is 9.98. The van der Waals surface area contributed by atoms with Crippen molar-refractivity contribution in [1.82, 2.24) is 0 Å². The van der Waals surface area contributed by atoms with E-state index in [-0.39, 0.29) is 0 Å². The van der Waals surface area contributed by atoms with Crippen LogP contribution < -0.4 is 5.73 Å². The number of aliphatic carboxylic acids is 1. The molecule has 0 unspecified atom stereocenters. The van der Waals surface area contributed by atoms with E-state index in [4.69, 9.17) is 10.8 Å². The summed E-state index contributed by atoms with van der Waals surface area (Å²) in [6.45, 7) is 0. The van der Waals surface area contributed by atoms with Gasteiger partial charge in [-0.2, -0.15) is 0 Å². The van der Waals surface area contributed by atoms with Gasteiger partial charge in [0.15, 0.2) is 0 Å². The minimum absolute atomic E-state index is 0.312. The van der Waals surface area contributed by atoms with Crippen LogP contribution in [0.3, 0.4) is 0 Å². The maximum absolute atomic E-state index is 11.5. The van der Waals surface area contributed by atoms with Crippen LogP contribution in [0.2, 0.25) is 0 Å². The Labute approximate surface area is 80.7 Å². The van der Waals surface area contributed by atoms with Gasteiger partial charge in [-0.05, 0) is 0 Å². The molecule has 0 aliphatic rings. The topological polar surface area (TPSA) is 80.4 Å². The summed E-state index contributed by atoms with van der Waals surface area (Å²) >= 11 is 0. The van der Waals surface area contributed by atoms with E-state index >= 15 is 0 Å². The monoisotopic (exact) mass is 191 g/mol. The number of rotatable bonds is 3. The number of ketones is 1. The van der Waals surface area contributed by atoms with E-state index in [1.807, 2.05) is 0 Å². The number of nitrogens with two attached hydrogens (primary N) is 1. The Hall–Kier alpha value is -2.10. The summed E-state index contributed by atoms with van der Waals surface area (Å²) in [6, 6.07) is 8.12. The fraction of sp³-hybridized carbons (Fsp3) is 0. The molecular formula is C10H9NO3. The van der Waals surface area contributed by atoms with Crippen molar-refractivity contribution in [2.45, 2.75) is 0 Å². The molecule has 0 atom stereocenters. The molecule has 0 spiro atoms. The summed E-state index contributed by atoms with van der Waals surface area (Å²) < 4.78 is 0. The van der Waals surface area contributed by atoms with Crippen LogP contribution >= 0.6 is 0 Å². The number of hydrogen-bond acceptors (Lipinski definition) is 3. The van der Waals surface area contributed by atoms with Gasteiger partial charge in [-0.1, -0.05) is 30.3 Å². The number of carbonyl (C=O) groups excluding carboxylic acids is 1. The molecule has 0 aromatic heterocycles. The van der Waals surface area contributed by atoms with Gasteiger partial charge >= 0.3 is 5.97 Å². The molecule has 4 nitrogen and oxygen atoms in total. The van der Waals surface area contributed by atoms with Crippen molar-refractivity contribution in [2.24, 2.45) is 5.73 Å². The molecule has 0 fully saturated rings. The standard InChI is InChI=1S/C10H9NO3/c11-6-8(10(13)14)9(12)7-4-2-1-3-5-7/h1-6H,11H2,(H,13,14)/b8-6+. The van der Waals surface area contributed by atoms with Gasteiger partial charge in [-0.25, -0.2) is 4.79 Å². The van der Waals surface area contributed by atoms with Gasteiger partial charge in [0.1, 0.15) is 5.57 Å². The lowest BCUT2D eigenvalue weighted by molar-refractivity contribution is -0.132. The number of carboxylic acid groups (broad SMARTS) is 1. The highest BCUT2D eigenvalue weighted by Gasteiger charge is 2.17. The first-order valence-corrected chi connectivity index (χ1v) is 3.91. The van der Waals surface area contributed by atoms with E-state index in [2.05, 4.69) is 0 Å².